The molecule has 4 nitrogen and oxygen atoms in total. The molecule has 0 saturated carbocycles. The lowest BCUT2D eigenvalue weighted by Crippen LogP contribution is -2.11. The first-order chi connectivity index (χ1) is 8.60. The molecule has 1 aromatic heterocycles. The van der Waals surface area contributed by atoms with Gasteiger partial charge in [-0.1, -0.05) is 11.6 Å². The van der Waals surface area contributed by atoms with Crippen LogP contribution in [0.15, 0.2) is 34.7 Å². The minimum atomic E-state index is -0.349. The summed E-state index contributed by atoms with van der Waals surface area (Å²) in [5.74, 6) is 0.428. The molecule has 0 spiro atoms. The number of halogens is 2. The van der Waals surface area contributed by atoms with E-state index in [-0.39, 0.29) is 18.2 Å². The number of hydrogen-bond donors (Lipinski definition) is 2. The van der Waals surface area contributed by atoms with Gasteiger partial charge in [-0.25, -0.2) is 0 Å². The number of nitrogens with one attached hydrogen (secondary N) is 1. The molecule has 0 aliphatic heterocycles. The second kappa shape index (κ2) is 5.73. The maximum Gasteiger partial charge on any atom is 0.291 e. The van der Waals surface area contributed by atoms with Crippen LogP contribution < -0.4 is 11.1 Å². The van der Waals surface area contributed by atoms with Crippen LogP contribution >= 0.6 is 34.2 Å². The summed E-state index contributed by atoms with van der Waals surface area (Å²) >= 11 is 8.17. The Labute approximate surface area is 123 Å². The van der Waals surface area contributed by atoms with Gasteiger partial charge in [0.2, 0.25) is 0 Å². The molecule has 18 heavy (non-hydrogen) atoms. The summed E-state index contributed by atoms with van der Waals surface area (Å²) in [4.78, 5) is 11.9. The van der Waals surface area contributed by atoms with Gasteiger partial charge in [0.15, 0.2) is 5.76 Å². The molecule has 3 N–H and O–H groups in total. The highest BCUT2D eigenvalue weighted by Gasteiger charge is 2.12. The maximum atomic E-state index is 11.9. The van der Waals surface area contributed by atoms with Crippen molar-refractivity contribution < 1.29 is 9.21 Å². The van der Waals surface area contributed by atoms with Crippen LogP contribution in [0.1, 0.15) is 16.3 Å². The van der Waals surface area contributed by atoms with E-state index in [0.717, 1.165) is 3.57 Å². The van der Waals surface area contributed by atoms with E-state index in [0.29, 0.717) is 16.5 Å². The normalized spacial score (nSPS) is 10.4. The van der Waals surface area contributed by atoms with Crippen molar-refractivity contribution in [3.8, 4) is 0 Å². The average Bonchev–Trinajstić information content (AvgIpc) is 2.81. The third kappa shape index (κ3) is 3.04. The third-order valence-electron chi connectivity index (χ3n) is 2.27. The quantitative estimate of drug-likeness (QED) is 0.808. The first-order valence-electron chi connectivity index (χ1n) is 5.15. The summed E-state index contributed by atoms with van der Waals surface area (Å²) in [7, 11) is 0. The SMILES string of the molecule is NCc1ccc(C(=O)Nc2ccc(I)cc2Cl)o1. The zero-order valence-corrected chi connectivity index (χ0v) is 12.2. The van der Waals surface area contributed by atoms with Crippen molar-refractivity contribution in [1.82, 2.24) is 0 Å². The molecule has 0 aliphatic rings. The Hall–Kier alpha value is -1.05. The predicted molar refractivity (Wildman–Crippen MR) is 78.7 cm³/mol. The standard InChI is InChI=1S/C12H10ClIN2O2/c13-9-5-7(14)1-3-10(9)16-12(17)11-4-2-8(6-15)18-11/h1-5H,6,15H2,(H,16,17). The fourth-order valence-electron chi connectivity index (χ4n) is 1.38. The third-order valence-corrected chi connectivity index (χ3v) is 3.25. The smallest absolute Gasteiger partial charge is 0.291 e. The van der Waals surface area contributed by atoms with E-state index in [9.17, 15) is 4.79 Å². The number of anilines is 1. The van der Waals surface area contributed by atoms with Gasteiger partial charge in [-0.2, -0.15) is 0 Å². The van der Waals surface area contributed by atoms with Crippen molar-refractivity contribution in [2.75, 3.05) is 5.32 Å². The van der Waals surface area contributed by atoms with Gasteiger partial charge in [0.1, 0.15) is 5.76 Å². The molecular weight excluding hydrogens is 367 g/mol. The zero-order chi connectivity index (χ0) is 13.1. The number of hydrogen-bond acceptors (Lipinski definition) is 3. The van der Waals surface area contributed by atoms with Gasteiger partial charge in [-0.05, 0) is 52.9 Å². The van der Waals surface area contributed by atoms with Gasteiger partial charge in [0.05, 0.1) is 17.3 Å². The van der Waals surface area contributed by atoms with Crippen LogP contribution in [0, 0.1) is 3.57 Å². The Morgan fingerprint density at radius 3 is 2.78 bits per heavy atom. The number of amides is 1. The number of benzene rings is 1. The molecule has 1 aromatic carbocycles. The first-order valence-corrected chi connectivity index (χ1v) is 6.61. The van der Waals surface area contributed by atoms with E-state index in [1.165, 1.54) is 0 Å². The van der Waals surface area contributed by atoms with E-state index in [4.69, 9.17) is 21.8 Å². The summed E-state index contributed by atoms with van der Waals surface area (Å²) in [5.41, 5.74) is 5.96. The zero-order valence-electron chi connectivity index (χ0n) is 9.24. The summed E-state index contributed by atoms with van der Waals surface area (Å²) in [6.07, 6.45) is 0. The Morgan fingerprint density at radius 1 is 1.39 bits per heavy atom. The van der Waals surface area contributed by atoms with Crippen LogP contribution in [-0.2, 0) is 6.54 Å². The van der Waals surface area contributed by atoms with Crippen molar-refractivity contribution in [3.63, 3.8) is 0 Å². The van der Waals surface area contributed by atoms with Gasteiger partial charge >= 0.3 is 0 Å². The molecule has 0 radical (unpaired) electrons. The lowest BCUT2D eigenvalue weighted by atomic mass is 10.3. The fourth-order valence-corrected chi connectivity index (χ4v) is 2.29. The fraction of sp³-hybridized carbons (Fsp3) is 0.0833. The molecule has 2 rings (SSSR count). The first kappa shape index (κ1) is 13.4. The number of carbonyl (C=O) groups is 1. The Balaban J connectivity index is 2.16. The van der Waals surface area contributed by atoms with Crippen LogP contribution in [0.2, 0.25) is 5.02 Å². The topological polar surface area (TPSA) is 68.3 Å². The maximum absolute atomic E-state index is 11.9. The summed E-state index contributed by atoms with van der Waals surface area (Å²) < 4.78 is 6.25. The highest BCUT2D eigenvalue weighted by atomic mass is 127. The molecule has 0 unspecified atom stereocenters. The van der Waals surface area contributed by atoms with Crippen molar-refractivity contribution in [1.29, 1.82) is 0 Å². The molecule has 0 aliphatic carbocycles. The van der Waals surface area contributed by atoms with E-state index in [1.54, 1.807) is 24.3 Å². The van der Waals surface area contributed by atoms with Crippen molar-refractivity contribution >= 4 is 45.8 Å². The largest absolute Gasteiger partial charge is 0.455 e. The molecule has 6 heteroatoms. The minimum Gasteiger partial charge on any atom is -0.455 e. The van der Waals surface area contributed by atoms with Gasteiger partial charge in [-0.15, -0.1) is 0 Å². The van der Waals surface area contributed by atoms with Crippen LogP contribution in [0.5, 0.6) is 0 Å². The van der Waals surface area contributed by atoms with Crippen LogP contribution in [0.3, 0.4) is 0 Å². The number of furan rings is 1. The molecule has 0 atom stereocenters. The molecule has 0 fully saturated rings. The molecule has 1 heterocycles. The van der Waals surface area contributed by atoms with Gasteiger partial charge in [-0.3, -0.25) is 4.79 Å². The monoisotopic (exact) mass is 376 g/mol. The number of rotatable bonds is 3. The Bertz CT molecular complexity index is 583. The van der Waals surface area contributed by atoms with Crippen molar-refractivity contribution in [3.05, 3.63) is 50.4 Å². The Morgan fingerprint density at radius 2 is 2.17 bits per heavy atom. The van der Waals surface area contributed by atoms with E-state index < -0.39 is 0 Å². The highest BCUT2D eigenvalue weighted by Crippen LogP contribution is 2.24. The van der Waals surface area contributed by atoms with E-state index in [2.05, 4.69) is 27.9 Å². The number of carbonyl (C=O) groups excluding carboxylic acids is 1. The second-order valence-electron chi connectivity index (χ2n) is 3.55. The Kier molecular flexibility index (Phi) is 4.26. The average molecular weight is 377 g/mol. The van der Waals surface area contributed by atoms with Crippen LogP contribution in [0.25, 0.3) is 0 Å². The molecule has 0 bridgehead atoms. The van der Waals surface area contributed by atoms with Gasteiger partial charge in [0, 0.05) is 3.57 Å². The highest BCUT2D eigenvalue weighted by molar-refractivity contribution is 14.1. The molecule has 2 aromatic rings. The summed E-state index contributed by atoms with van der Waals surface area (Å²) in [5, 5.41) is 3.17. The number of nitrogens with two attached hydrogens (primary N) is 1. The van der Waals surface area contributed by atoms with Crippen LogP contribution in [0.4, 0.5) is 5.69 Å². The van der Waals surface area contributed by atoms with E-state index >= 15 is 0 Å². The summed E-state index contributed by atoms with van der Waals surface area (Å²) in [6.45, 7) is 0.261. The molecule has 1 amide bonds. The van der Waals surface area contributed by atoms with Gasteiger partial charge < -0.3 is 15.5 Å². The van der Waals surface area contributed by atoms with Crippen molar-refractivity contribution in [2.45, 2.75) is 6.54 Å². The lowest BCUT2D eigenvalue weighted by Gasteiger charge is -2.05. The minimum absolute atomic E-state index is 0.213. The van der Waals surface area contributed by atoms with Crippen LogP contribution in [-0.4, -0.2) is 5.91 Å². The van der Waals surface area contributed by atoms with E-state index in [1.807, 2.05) is 6.07 Å². The van der Waals surface area contributed by atoms with Gasteiger partial charge in [0.25, 0.3) is 5.91 Å². The predicted octanol–water partition coefficient (Wildman–Crippen LogP) is 3.25. The summed E-state index contributed by atoms with van der Waals surface area (Å²) in [6, 6.07) is 8.62. The molecular formula is C12H10ClIN2O2. The molecule has 94 valence electrons. The lowest BCUT2D eigenvalue weighted by molar-refractivity contribution is 0.0995. The van der Waals surface area contributed by atoms with Crippen molar-refractivity contribution in [2.24, 2.45) is 5.73 Å². The molecule has 0 saturated heterocycles. The second-order valence-corrected chi connectivity index (χ2v) is 5.20.